The van der Waals surface area contributed by atoms with Gasteiger partial charge >= 0.3 is 0 Å². The summed E-state index contributed by atoms with van der Waals surface area (Å²) in [5.41, 5.74) is 3.86. The first-order valence-electron chi connectivity index (χ1n) is 8.44. The monoisotopic (exact) mass is 345 g/mol. The maximum absolute atomic E-state index is 13.1. The van der Waals surface area contributed by atoms with Gasteiger partial charge in [-0.25, -0.2) is 15.0 Å². The van der Waals surface area contributed by atoms with Crippen LogP contribution >= 0.6 is 0 Å². The van der Waals surface area contributed by atoms with E-state index in [1.54, 1.807) is 29.7 Å². The highest BCUT2D eigenvalue weighted by atomic mass is 16.2. The van der Waals surface area contributed by atoms with E-state index in [1.165, 1.54) is 0 Å². The molecule has 3 heterocycles. The Labute approximate surface area is 152 Å². The van der Waals surface area contributed by atoms with Crippen LogP contribution in [-0.2, 0) is 10.2 Å². The molecule has 4 rings (SSSR count). The molecule has 130 valence electrons. The standard InChI is InChI=1S/C20H19N5O/c1-12-8-24-18(11-21-12)25-17-7-14(15-9-22-13(2)23-10-15)5-6-16(17)20(3,4)19(25)26/h5-11H,1-4H3. The van der Waals surface area contributed by atoms with Gasteiger partial charge in [0.05, 0.1) is 29.2 Å². The molecule has 0 atom stereocenters. The molecule has 1 aliphatic rings. The lowest BCUT2D eigenvalue weighted by molar-refractivity contribution is -0.121. The highest BCUT2D eigenvalue weighted by Crippen LogP contribution is 2.46. The number of rotatable bonds is 2. The second-order valence-corrected chi connectivity index (χ2v) is 7.03. The number of nitrogens with zero attached hydrogens (tertiary/aromatic N) is 5. The predicted molar refractivity (Wildman–Crippen MR) is 99.1 cm³/mol. The molecule has 0 fully saturated rings. The smallest absolute Gasteiger partial charge is 0.242 e. The van der Waals surface area contributed by atoms with Gasteiger partial charge in [-0.3, -0.25) is 14.7 Å². The lowest BCUT2D eigenvalue weighted by atomic mass is 9.85. The van der Waals surface area contributed by atoms with Gasteiger partial charge in [0.1, 0.15) is 5.82 Å². The topological polar surface area (TPSA) is 71.9 Å². The number of carbonyl (C=O) groups excluding carboxylic acids is 1. The van der Waals surface area contributed by atoms with Crippen molar-refractivity contribution in [3.8, 4) is 11.1 Å². The van der Waals surface area contributed by atoms with Crippen LogP contribution in [0.25, 0.3) is 11.1 Å². The van der Waals surface area contributed by atoms with Gasteiger partial charge in [0, 0.05) is 18.0 Å². The molecule has 0 saturated carbocycles. The Balaban J connectivity index is 1.87. The highest BCUT2D eigenvalue weighted by Gasteiger charge is 2.45. The summed E-state index contributed by atoms with van der Waals surface area (Å²) in [7, 11) is 0. The Morgan fingerprint density at radius 2 is 1.62 bits per heavy atom. The maximum Gasteiger partial charge on any atom is 0.242 e. The summed E-state index contributed by atoms with van der Waals surface area (Å²) in [6.07, 6.45) is 6.90. The third-order valence-electron chi connectivity index (χ3n) is 4.76. The quantitative estimate of drug-likeness (QED) is 0.711. The average molecular weight is 345 g/mol. The van der Waals surface area contributed by atoms with Crippen LogP contribution in [0.3, 0.4) is 0 Å². The molecular formula is C20H19N5O. The van der Waals surface area contributed by atoms with E-state index in [1.807, 2.05) is 45.9 Å². The van der Waals surface area contributed by atoms with Crippen molar-refractivity contribution in [3.05, 3.63) is 60.1 Å². The van der Waals surface area contributed by atoms with Crippen LogP contribution in [0.15, 0.2) is 43.0 Å². The van der Waals surface area contributed by atoms with Crippen molar-refractivity contribution < 1.29 is 4.79 Å². The fraction of sp³-hybridized carbons (Fsp3) is 0.250. The second kappa shape index (κ2) is 5.69. The second-order valence-electron chi connectivity index (χ2n) is 7.03. The third-order valence-corrected chi connectivity index (χ3v) is 4.76. The van der Waals surface area contributed by atoms with E-state index in [4.69, 9.17) is 0 Å². The van der Waals surface area contributed by atoms with Gasteiger partial charge in [-0.2, -0.15) is 0 Å². The van der Waals surface area contributed by atoms with E-state index >= 15 is 0 Å². The zero-order valence-corrected chi connectivity index (χ0v) is 15.2. The fourth-order valence-corrected chi connectivity index (χ4v) is 3.20. The van der Waals surface area contributed by atoms with Gasteiger partial charge in [-0.05, 0) is 44.9 Å². The highest BCUT2D eigenvalue weighted by molar-refractivity contribution is 6.12. The van der Waals surface area contributed by atoms with Crippen LogP contribution in [0.2, 0.25) is 0 Å². The summed E-state index contributed by atoms with van der Waals surface area (Å²) in [5, 5.41) is 0. The molecule has 1 aromatic carbocycles. The molecule has 26 heavy (non-hydrogen) atoms. The molecule has 0 bridgehead atoms. The molecule has 0 unspecified atom stereocenters. The summed E-state index contributed by atoms with van der Waals surface area (Å²) in [5.74, 6) is 1.25. The number of benzene rings is 1. The number of hydrogen-bond donors (Lipinski definition) is 0. The molecule has 0 spiro atoms. The zero-order chi connectivity index (χ0) is 18.5. The largest absolute Gasteiger partial charge is 0.273 e. The van der Waals surface area contributed by atoms with Crippen molar-refractivity contribution >= 4 is 17.4 Å². The number of carbonyl (C=O) groups is 1. The predicted octanol–water partition coefficient (Wildman–Crippen LogP) is 3.51. The minimum atomic E-state index is -0.621. The molecule has 6 nitrogen and oxygen atoms in total. The van der Waals surface area contributed by atoms with E-state index in [2.05, 4.69) is 19.9 Å². The minimum Gasteiger partial charge on any atom is -0.273 e. The summed E-state index contributed by atoms with van der Waals surface area (Å²) in [4.78, 5) is 32.0. The van der Waals surface area contributed by atoms with Crippen LogP contribution in [0.5, 0.6) is 0 Å². The van der Waals surface area contributed by atoms with Crippen molar-refractivity contribution in [2.75, 3.05) is 4.90 Å². The van der Waals surface area contributed by atoms with Crippen LogP contribution < -0.4 is 4.90 Å². The molecule has 0 saturated heterocycles. The van der Waals surface area contributed by atoms with Gasteiger partial charge in [-0.1, -0.05) is 12.1 Å². The van der Waals surface area contributed by atoms with Crippen molar-refractivity contribution in [2.45, 2.75) is 33.1 Å². The summed E-state index contributed by atoms with van der Waals surface area (Å²) < 4.78 is 0. The molecule has 1 aliphatic heterocycles. The van der Waals surface area contributed by atoms with Gasteiger partial charge < -0.3 is 0 Å². The molecule has 3 aromatic rings. The van der Waals surface area contributed by atoms with Gasteiger partial charge in [0.25, 0.3) is 0 Å². The number of anilines is 2. The summed E-state index contributed by atoms with van der Waals surface area (Å²) >= 11 is 0. The van der Waals surface area contributed by atoms with Crippen LogP contribution in [0, 0.1) is 13.8 Å². The normalized spacial score (nSPS) is 15.2. The Morgan fingerprint density at radius 3 is 2.27 bits per heavy atom. The van der Waals surface area contributed by atoms with Gasteiger partial charge in [-0.15, -0.1) is 0 Å². The van der Waals surface area contributed by atoms with E-state index in [9.17, 15) is 4.79 Å². The molecular weight excluding hydrogens is 326 g/mol. The van der Waals surface area contributed by atoms with E-state index < -0.39 is 5.41 Å². The van der Waals surface area contributed by atoms with Crippen molar-refractivity contribution in [2.24, 2.45) is 0 Å². The third kappa shape index (κ3) is 2.45. The van der Waals surface area contributed by atoms with Gasteiger partial charge in [0.2, 0.25) is 5.91 Å². The number of hydrogen-bond acceptors (Lipinski definition) is 5. The average Bonchev–Trinajstić information content (AvgIpc) is 2.83. The Bertz CT molecular complexity index is 994. The van der Waals surface area contributed by atoms with Gasteiger partial charge in [0.15, 0.2) is 5.82 Å². The molecule has 2 aromatic heterocycles. The lowest BCUT2D eigenvalue weighted by Gasteiger charge is -2.19. The molecule has 0 N–H and O–H groups in total. The number of fused-ring (bicyclic) bond motifs is 1. The molecule has 1 amide bonds. The number of amides is 1. The van der Waals surface area contributed by atoms with E-state index in [0.29, 0.717) is 5.82 Å². The molecule has 0 aliphatic carbocycles. The Kier molecular flexibility index (Phi) is 3.57. The van der Waals surface area contributed by atoms with E-state index in [-0.39, 0.29) is 5.91 Å². The number of aryl methyl sites for hydroxylation is 2. The maximum atomic E-state index is 13.1. The van der Waals surface area contributed by atoms with Crippen molar-refractivity contribution in [3.63, 3.8) is 0 Å². The first kappa shape index (κ1) is 16.3. The fourth-order valence-electron chi connectivity index (χ4n) is 3.20. The minimum absolute atomic E-state index is 0.0111. The van der Waals surface area contributed by atoms with Crippen LogP contribution in [0.4, 0.5) is 11.5 Å². The molecule has 0 radical (unpaired) electrons. The molecule has 6 heteroatoms. The SMILES string of the molecule is Cc1cnc(N2C(=O)C(C)(C)c3ccc(-c4cnc(C)nc4)cc32)cn1. The van der Waals surface area contributed by atoms with Crippen LogP contribution in [0.1, 0.15) is 30.9 Å². The number of aromatic nitrogens is 4. The first-order valence-corrected chi connectivity index (χ1v) is 8.44. The summed E-state index contributed by atoms with van der Waals surface area (Å²) in [6, 6.07) is 6.01. The van der Waals surface area contributed by atoms with Crippen molar-refractivity contribution in [1.82, 2.24) is 19.9 Å². The van der Waals surface area contributed by atoms with Crippen molar-refractivity contribution in [1.29, 1.82) is 0 Å². The first-order chi connectivity index (χ1) is 12.4. The van der Waals surface area contributed by atoms with E-state index in [0.717, 1.165) is 33.9 Å². The lowest BCUT2D eigenvalue weighted by Crippen LogP contribution is -2.33. The van der Waals surface area contributed by atoms with Crippen LogP contribution in [-0.4, -0.2) is 25.8 Å². The summed E-state index contributed by atoms with van der Waals surface area (Å²) in [6.45, 7) is 7.59. The Morgan fingerprint density at radius 1 is 0.885 bits per heavy atom. The zero-order valence-electron chi connectivity index (χ0n) is 15.2. The Hall–Kier alpha value is -3.15.